The first-order valence-electron chi connectivity index (χ1n) is 15.7. The normalized spacial score (nSPS) is 13.8. The Morgan fingerprint density at radius 1 is 0.700 bits per heavy atom. The number of aromatic nitrogens is 3. The Bertz CT molecular complexity index is 2070. The number of halogens is 2. The van der Waals surface area contributed by atoms with Crippen LogP contribution in [-0.4, -0.2) is 31.6 Å². The molecule has 248 valence electrons. The molecule has 5 aromatic carbocycles. The SMILES string of the molecule is CC(=O)N1N=C(c2ccc(Nc3nc(Nc4ccc(F)cc4)nc(Nc4ccc(Cl)cc4)n3)cc2)CC1c1ccc(Oc2ccccc2)cc1. The molecule has 1 aromatic heterocycles. The van der Waals surface area contributed by atoms with E-state index in [0.717, 1.165) is 34.0 Å². The molecule has 2 heterocycles. The highest BCUT2D eigenvalue weighted by Crippen LogP contribution is 2.34. The van der Waals surface area contributed by atoms with Crippen LogP contribution in [0.3, 0.4) is 0 Å². The van der Waals surface area contributed by atoms with Gasteiger partial charge in [-0.25, -0.2) is 9.40 Å². The number of benzene rings is 5. The number of hydrogen-bond acceptors (Lipinski definition) is 9. The molecule has 0 fully saturated rings. The number of hydrazone groups is 1. The van der Waals surface area contributed by atoms with Crippen LogP contribution in [0.4, 0.5) is 39.3 Å². The van der Waals surface area contributed by atoms with Gasteiger partial charge >= 0.3 is 0 Å². The van der Waals surface area contributed by atoms with Crippen molar-refractivity contribution in [3.8, 4) is 11.5 Å². The first-order valence-corrected chi connectivity index (χ1v) is 16.1. The van der Waals surface area contributed by atoms with E-state index in [1.165, 1.54) is 24.1 Å². The van der Waals surface area contributed by atoms with Crippen molar-refractivity contribution in [3.63, 3.8) is 0 Å². The second-order valence-corrected chi connectivity index (χ2v) is 11.8. The molecule has 0 saturated carbocycles. The summed E-state index contributed by atoms with van der Waals surface area (Å²) in [6.45, 7) is 1.52. The number of rotatable bonds is 10. The molecule has 6 aromatic rings. The van der Waals surface area contributed by atoms with Crippen LogP contribution in [-0.2, 0) is 4.79 Å². The minimum absolute atomic E-state index is 0.143. The fraction of sp³-hybridized carbons (Fsp3) is 0.0789. The fourth-order valence-electron chi connectivity index (χ4n) is 5.36. The molecule has 0 saturated heterocycles. The molecule has 12 heteroatoms. The van der Waals surface area contributed by atoms with E-state index in [4.69, 9.17) is 21.4 Å². The lowest BCUT2D eigenvalue weighted by Gasteiger charge is -2.20. The van der Waals surface area contributed by atoms with Gasteiger partial charge in [-0.1, -0.05) is 54.1 Å². The molecular formula is C38H30ClFN8O2. The summed E-state index contributed by atoms with van der Waals surface area (Å²) in [7, 11) is 0. The van der Waals surface area contributed by atoms with Crippen LogP contribution in [0, 0.1) is 5.82 Å². The van der Waals surface area contributed by atoms with Crippen LogP contribution >= 0.6 is 11.6 Å². The molecule has 0 radical (unpaired) electrons. The van der Waals surface area contributed by atoms with Crippen LogP contribution in [0.25, 0.3) is 0 Å². The van der Waals surface area contributed by atoms with Gasteiger partial charge in [0.15, 0.2) is 0 Å². The van der Waals surface area contributed by atoms with Gasteiger partial charge in [-0.15, -0.1) is 0 Å². The van der Waals surface area contributed by atoms with Gasteiger partial charge in [-0.2, -0.15) is 20.1 Å². The van der Waals surface area contributed by atoms with Crippen molar-refractivity contribution < 1.29 is 13.9 Å². The van der Waals surface area contributed by atoms with Gasteiger partial charge in [0.05, 0.1) is 11.8 Å². The first-order chi connectivity index (χ1) is 24.3. The van der Waals surface area contributed by atoms with Gasteiger partial charge < -0.3 is 20.7 Å². The lowest BCUT2D eigenvalue weighted by Crippen LogP contribution is -2.24. The molecule has 1 atom stereocenters. The Morgan fingerprint density at radius 2 is 1.20 bits per heavy atom. The third kappa shape index (κ3) is 7.86. The number of para-hydroxylation sites is 1. The highest BCUT2D eigenvalue weighted by Gasteiger charge is 2.31. The van der Waals surface area contributed by atoms with Crippen molar-refractivity contribution in [2.24, 2.45) is 5.10 Å². The number of ether oxygens (including phenoxy) is 1. The molecule has 7 rings (SSSR count). The summed E-state index contributed by atoms with van der Waals surface area (Å²) in [6.07, 6.45) is 0.552. The zero-order valence-electron chi connectivity index (χ0n) is 26.7. The molecule has 50 heavy (non-hydrogen) atoms. The predicted octanol–water partition coefficient (Wildman–Crippen LogP) is 9.38. The van der Waals surface area contributed by atoms with Crippen LogP contribution in [0.15, 0.2) is 132 Å². The van der Waals surface area contributed by atoms with E-state index in [9.17, 15) is 9.18 Å². The van der Waals surface area contributed by atoms with Crippen molar-refractivity contribution in [1.82, 2.24) is 20.0 Å². The van der Waals surface area contributed by atoms with Crippen molar-refractivity contribution in [3.05, 3.63) is 149 Å². The van der Waals surface area contributed by atoms with Gasteiger partial charge in [0.2, 0.25) is 23.8 Å². The molecule has 3 N–H and O–H groups in total. The number of carbonyl (C=O) groups excluding carboxylic acids is 1. The van der Waals surface area contributed by atoms with Crippen molar-refractivity contribution in [1.29, 1.82) is 0 Å². The summed E-state index contributed by atoms with van der Waals surface area (Å²) in [6, 6.07) is 37.7. The van der Waals surface area contributed by atoms with E-state index in [1.807, 2.05) is 91.0 Å². The highest BCUT2D eigenvalue weighted by atomic mass is 35.5. The van der Waals surface area contributed by atoms with Crippen molar-refractivity contribution in [2.75, 3.05) is 16.0 Å². The van der Waals surface area contributed by atoms with Crippen molar-refractivity contribution >= 4 is 58.1 Å². The van der Waals surface area contributed by atoms with Crippen LogP contribution in [0.2, 0.25) is 5.02 Å². The molecule has 0 bridgehead atoms. The van der Waals surface area contributed by atoms with Gasteiger partial charge in [-0.05, 0) is 96.1 Å². The summed E-state index contributed by atoms with van der Waals surface area (Å²) in [5.41, 5.74) is 4.69. The summed E-state index contributed by atoms with van der Waals surface area (Å²) >= 11 is 6.05. The average molecular weight is 685 g/mol. The number of amides is 1. The molecule has 1 aliphatic rings. The van der Waals surface area contributed by atoms with Crippen LogP contribution < -0.4 is 20.7 Å². The fourth-order valence-corrected chi connectivity index (χ4v) is 5.49. The second kappa shape index (κ2) is 14.4. The summed E-state index contributed by atoms with van der Waals surface area (Å²) < 4.78 is 19.4. The zero-order valence-corrected chi connectivity index (χ0v) is 27.5. The van der Waals surface area contributed by atoms with Gasteiger partial charge in [0.1, 0.15) is 17.3 Å². The molecule has 0 spiro atoms. The Kier molecular flexibility index (Phi) is 9.30. The van der Waals surface area contributed by atoms with E-state index < -0.39 is 0 Å². The van der Waals surface area contributed by atoms with Crippen LogP contribution in [0.5, 0.6) is 11.5 Å². The lowest BCUT2D eigenvalue weighted by atomic mass is 9.98. The number of carbonyl (C=O) groups is 1. The topological polar surface area (TPSA) is 117 Å². The summed E-state index contributed by atoms with van der Waals surface area (Å²) in [4.78, 5) is 26.2. The third-order valence-corrected chi connectivity index (χ3v) is 8.04. The number of anilines is 6. The molecular weight excluding hydrogens is 655 g/mol. The van der Waals surface area contributed by atoms with Crippen LogP contribution in [0.1, 0.15) is 30.5 Å². The maximum atomic E-state index is 13.5. The van der Waals surface area contributed by atoms with E-state index in [-0.39, 0.29) is 35.6 Å². The van der Waals surface area contributed by atoms with E-state index in [1.54, 1.807) is 24.3 Å². The summed E-state index contributed by atoms with van der Waals surface area (Å²) in [5, 5.41) is 16.3. The maximum Gasteiger partial charge on any atom is 0.240 e. The standard InChI is InChI=1S/C38H30ClFN8O2/c1-24(49)48-35(26-9-21-33(22-10-26)50-32-5-3-2-4-6-32)23-34(47-48)25-7-15-29(16-8-25)41-36-44-37(42-30-17-11-27(39)12-18-30)46-38(45-36)43-31-19-13-28(40)14-20-31/h2-22,35H,23H2,1H3,(H3,41,42,43,44,45,46). The second-order valence-electron chi connectivity index (χ2n) is 11.4. The quantitative estimate of drug-likeness (QED) is 0.131. The average Bonchev–Trinajstić information content (AvgIpc) is 3.58. The Labute approximate surface area is 292 Å². The van der Waals surface area contributed by atoms with Gasteiger partial charge in [0.25, 0.3) is 0 Å². The number of nitrogens with zero attached hydrogens (tertiary/aromatic N) is 5. The Morgan fingerprint density at radius 3 is 1.74 bits per heavy atom. The number of nitrogens with one attached hydrogen (secondary N) is 3. The zero-order chi connectivity index (χ0) is 34.5. The smallest absolute Gasteiger partial charge is 0.240 e. The minimum Gasteiger partial charge on any atom is -0.457 e. The largest absolute Gasteiger partial charge is 0.457 e. The van der Waals surface area contributed by atoms with E-state index >= 15 is 0 Å². The van der Waals surface area contributed by atoms with Gasteiger partial charge in [0, 0.05) is 35.4 Å². The maximum absolute atomic E-state index is 13.5. The van der Waals surface area contributed by atoms with Gasteiger partial charge in [-0.3, -0.25) is 4.79 Å². The Hall–Kier alpha value is -6.33. The monoisotopic (exact) mass is 684 g/mol. The van der Waals surface area contributed by atoms with E-state index in [0.29, 0.717) is 22.9 Å². The minimum atomic E-state index is -0.349. The van der Waals surface area contributed by atoms with Crippen molar-refractivity contribution in [2.45, 2.75) is 19.4 Å². The summed E-state index contributed by atoms with van der Waals surface area (Å²) in [5.74, 6) is 1.77. The van der Waals surface area contributed by atoms with E-state index in [2.05, 4.69) is 30.9 Å². The highest BCUT2D eigenvalue weighted by molar-refractivity contribution is 6.30. The molecule has 0 aliphatic carbocycles. The molecule has 1 amide bonds. The molecule has 1 aliphatic heterocycles. The predicted molar refractivity (Wildman–Crippen MR) is 193 cm³/mol. The third-order valence-electron chi connectivity index (χ3n) is 7.79. The Balaban J connectivity index is 1.07. The first kappa shape index (κ1) is 32.2. The number of hydrogen-bond donors (Lipinski definition) is 3. The molecule has 1 unspecified atom stereocenters. The molecule has 10 nitrogen and oxygen atoms in total. The lowest BCUT2D eigenvalue weighted by molar-refractivity contribution is -0.130.